The first kappa shape index (κ1) is 14.5. The highest BCUT2D eigenvalue weighted by atomic mass is 79.9. The van der Waals surface area contributed by atoms with Crippen molar-refractivity contribution < 1.29 is 9.84 Å². The predicted molar refractivity (Wildman–Crippen MR) is 74.4 cm³/mol. The molecule has 1 N–H and O–H groups in total. The monoisotopic (exact) mass is 300 g/mol. The fourth-order valence-electron chi connectivity index (χ4n) is 1.62. The fourth-order valence-corrected chi connectivity index (χ4v) is 2.13. The highest BCUT2D eigenvalue weighted by Crippen LogP contribution is 2.30. The summed E-state index contributed by atoms with van der Waals surface area (Å²) in [7, 11) is 0. The van der Waals surface area contributed by atoms with E-state index in [1.165, 1.54) is 0 Å². The summed E-state index contributed by atoms with van der Waals surface area (Å²) >= 11 is 3.48. The Hall–Kier alpha value is -0.540. The summed E-state index contributed by atoms with van der Waals surface area (Å²) < 4.78 is 6.49. The van der Waals surface area contributed by atoms with Gasteiger partial charge >= 0.3 is 0 Å². The van der Waals surface area contributed by atoms with Gasteiger partial charge in [-0.1, -0.05) is 32.8 Å². The van der Waals surface area contributed by atoms with Gasteiger partial charge in [0.1, 0.15) is 5.75 Å². The van der Waals surface area contributed by atoms with Crippen molar-refractivity contribution >= 4 is 15.9 Å². The Morgan fingerprint density at radius 3 is 2.65 bits per heavy atom. The summed E-state index contributed by atoms with van der Waals surface area (Å²) in [5.74, 6) is 0.846. The summed E-state index contributed by atoms with van der Waals surface area (Å²) in [6, 6.07) is 5.81. The maximum atomic E-state index is 9.98. The van der Waals surface area contributed by atoms with Gasteiger partial charge in [0.05, 0.1) is 17.2 Å². The molecule has 0 radical (unpaired) electrons. The van der Waals surface area contributed by atoms with E-state index >= 15 is 0 Å². The second-order valence-corrected chi connectivity index (χ2v) is 5.05. The van der Waals surface area contributed by atoms with Crippen LogP contribution in [0.2, 0.25) is 0 Å². The Morgan fingerprint density at radius 2 is 2.06 bits per heavy atom. The smallest absolute Gasteiger partial charge is 0.133 e. The Morgan fingerprint density at radius 1 is 1.29 bits per heavy atom. The van der Waals surface area contributed by atoms with E-state index in [2.05, 4.69) is 29.8 Å². The number of benzene rings is 1. The van der Waals surface area contributed by atoms with Crippen LogP contribution in [-0.2, 0) is 0 Å². The molecule has 0 aliphatic rings. The predicted octanol–water partition coefficient (Wildman–Crippen LogP) is 4.46. The molecule has 2 nitrogen and oxygen atoms in total. The number of ether oxygens (including phenoxy) is 1. The molecule has 17 heavy (non-hydrogen) atoms. The van der Waals surface area contributed by atoms with Crippen LogP contribution in [0.1, 0.15) is 51.2 Å². The van der Waals surface area contributed by atoms with E-state index in [1.54, 1.807) is 0 Å². The second-order valence-electron chi connectivity index (χ2n) is 4.20. The van der Waals surface area contributed by atoms with Crippen LogP contribution in [0.15, 0.2) is 22.7 Å². The van der Waals surface area contributed by atoms with Gasteiger partial charge in [-0.15, -0.1) is 0 Å². The van der Waals surface area contributed by atoms with E-state index in [1.807, 2.05) is 18.2 Å². The number of halogens is 1. The van der Waals surface area contributed by atoms with Crippen molar-refractivity contribution in [2.45, 2.75) is 45.6 Å². The van der Waals surface area contributed by atoms with E-state index in [0.29, 0.717) is 0 Å². The first-order valence-electron chi connectivity index (χ1n) is 6.29. The number of hydrogen-bond acceptors (Lipinski definition) is 2. The molecule has 0 aliphatic carbocycles. The van der Waals surface area contributed by atoms with E-state index in [0.717, 1.165) is 48.1 Å². The third-order valence-corrected chi connectivity index (χ3v) is 3.25. The van der Waals surface area contributed by atoms with Crippen LogP contribution < -0.4 is 4.74 Å². The zero-order valence-corrected chi connectivity index (χ0v) is 12.2. The summed E-state index contributed by atoms with van der Waals surface area (Å²) in [6.45, 7) is 4.93. The summed E-state index contributed by atoms with van der Waals surface area (Å²) in [5.41, 5.74) is 0.953. The average molecular weight is 301 g/mol. The van der Waals surface area contributed by atoms with E-state index < -0.39 is 0 Å². The Bertz CT molecular complexity index is 339. The molecule has 1 aromatic rings. The van der Waals surface area contributed by atoms with Gasteiger partial charge in [-0.3, -0.25) is 0 Å². The molecule has 1 rings (SSSR count). The van der Waals surface area contributed by atoms with Gasteiger partial charge in [-0.2, -0.15) is 0 Å². The van der Waals surface area contributed by atoms with Crippen molar-refractivity contribution in [1.82, 2.24) is 0 Å². The van der Waals surface area contributed by atoms with Gasteiger partial charge in [0.15, 0.2) is 0 Å². The number of aliphatic hydroxyl groups excluding tert-OH is 1. The molecule has 0 saturated heterocycles. The molecule has 0 amide bonds. The van der Waals surface area contributed by atoms with Crippen molar-refractivity contribution in [3.8, 4) is 5.75 Å². The zero-order chi connectivity index (χ0) is 12.7. The normalized spacial score (nSPS) is 12.5. The van der Waals surface area contributed by atoms with Gasteiger partial charge < -0.3 is 9.84 Å². The molecule has 0 aliphatic heterocycles. The van der Waals surface area contributed by atoms with Gasteiger partial charge in [0.25, 0.3) is 0 Å². The molecule has 1 atom stereocenters. The lowest BCUT2D eigenvalue weighted by Crippen LogP contribution is -1.99. The second kappa shape index (κ2) is 7.72. The molecular formula is C14H21BrO2. The minimum atomic E-state index is -0.369. The highest BCUT2D eigenvalue weighted by Gasteiger charge is 2.09. The van der Waals surface area contributed by atoms with Gasteiger partial charge in [-0.05, 0) is 46.5 Å². The van der Waals surface area contributed by atoms with Crippen LogP contribution in [0, 0.1) is 0 Å². The molecule has 0 bridgehead atoms. The van der Waals surface area contributed by atoms with Gasteiger partial charge in [-0.25, -0.2) is 0 Å². The highest BCUT2D eigenvalue weighted by molar-refractivity contribution is 9.10. The van der Waals surface area contributed by atoms with Crippen molar-refractivity contribution in [2.24, 2.45) is 0 Å². The molecule has 0 fully saturated rings. The van der Waals surface area contributed by atoms with E-state index in [4.69, 9.17) is 4.74 Å². The van der Waals surface area contributed by atoms with Crippen molar-refractivity contribution in [3.63, 3.8) is 0 Å². The van der Waals surface area contributed by atoms with Crippen LogP contribution in [0.25, 0.3) is 0 Å². The maximum Gasteiger partial charge on any atom is 0.133 e. The average Bonchev–Trinajstić information content (AvgIpc) is 2.34. The van der Waals surface area contributed by atoms with Crippen LogP contribution >= 0.6 is 15.9 Å². The molecule has 0 heterocycles. The van der Waals surface area contributed by atoms with Crippen molar-refractivity contribution in [1.29, 1.82) is 0 Å². The molecule has 0 spiro atoms. The van der Waals surface area contributed by atoms with Gasteiger partial charge in [0.2, 0.25) is 0 Å². The third-order valence-electron chi connectivity index (χ3n) is 2.63. The largest absolute Gasteiger partial charge is 0.492 e. The lowest BCUT2D eigenvalue weighted by atomic mass is 10.0. The zero-order valence-electron chi connectivity index (χ0n) is 10.6. The molecule has 0 aromatic heterocycles. The molecule has 3 heteroatoms. The van der Waals surface area contributed by atoms with Crippen LogP contribution in [0.3, 0.4) is 0 Å². The number of rotatable bonds is 7. The summed E-state index contributed by atoms with van der Waals surface area (Å²) in [6.07, 6.45) is 3.60. The summed E-state index contributed by atoms with van der Waals surface area (Å²) in [5, 5.41) is 9.98. The SMILES string of the molecule is CCCCC(O)c1ccc(OCCC)c(Br)c1. The first-order valence-corrected chi connectivity index (χ1v) is 7.08. The molecule has 1 unspecified atom stereocenters. The minimum absolute atomic E-state index is 0.369. The standard InChI is InChI=1S/C14H21BrO2/c1-3-5-6-13(16)11-7-8-14(12(15)10-11)17-9-4-2/h7-8,10,13,16H,3-6,9H2,1-2H3. The Kier molecular flexibility index (Phi) is 6.60. The first-order chi connectivity index (χ1) is 8.19. The summed E-state index contributed by atoms with van der Waals surface area (Å²) in [4.78, 5) is 0. The number of hydrogen-bond donors (Lipinski definition) is 1. The third kappa shape index (κ3) is 4.68. The lowest BCUT2D eigenvalue weighted by molar-refractivity contribution is 0.164. The molecule has 0 saturated carbocycles. The minimum Gasteiger partial charge on any atom is -0.492 e. The van der Waals surface area contributed by atoms with Gasteiger partial charge in [0, 0.05) is 0 Å². The van der Waals surface area contributed by atoms with Crippen LogP contribution in [0.5, 0.6) is 5.75 Å². The maximum absolute atomic E-state index is 9.98. The number of aliphatic hydroxyl groups is 1. The molecule has 1 aromatic carbocycles. The fraction of sp³-hybridized carbons (Fsp3) is 0.571. The Balaban J connectivity index is 2.67. The topological polar surface area (TPSA) is 29.5 Å². The Labute approximate surface area is 112 Å². The van der Waals surface area contributed by atoms with E-state index in [-0.39, 0.29) is 6.10 Å². The van der Waals surface area contributed by atoms with Crippen molar-refractivity contribution in [2.75, 3.05) is 6.61 Å². The van der Waals surface area contributed by atoms with Crippen LogP contribution in [-0.4, -0.2) is 11.7 Å². The van der Waals surface area contributed by atoms with Crippen LogP contribution in [0.4, 0.5) is 0 Å². The lowest BCUT2D eigenvalue weighted by Gasteiger charge is -2.13. The van der Waals surface area contributed by atoms with Crippen molar-refractivity contribution in [3.05, 3.63) is 28.2 Å². The molecular weight excluding hydrogens is 280 g/mol. The number of unbranched alkanes of at least 4 members (excludes halogenated alkanes) is 1. The quantitative estimate of drug-likeness (QED) is 0.805. The molecule has 96 valence electrons. The van der Waals surface area contributed by atoms with E-state index in [9.17, 15) is 5.11 Å².